The number of nitrogens with zero attached hydrogens (tertiary/aromatic N) is 6. The van der Waals surface area contributed by atoms with Crippen molar-refractivity contribution in [2.45, 2.75) is 37.8 Å². The van der Waals surface area contributed by atoms with Gasteiger partial charge >= 0.3 is 0 Å². The number of hydrogen-bond acceptors (Lipinski definition) is 6. The van der Waals surface area contributed by atoms with Gasteiger partial charge in [-0.25, -0.2) is 9.97 Å². The molecule has 1 aliphatic rings. The van der Waals surface area contributed by atoms with Crippen molar-refractivity contribution in [3.63, 3.8) is 0 Å². The molecule has 8 heteroatoms. The number of aliphatic hydroxyl groups is 1. The van der Waals surface area contributed by atoms with Crippen LogP contribution in [0, 0.1) is 0 Å². The Morgan fingerprint density at radius 2 is 1.78 bits per heavy atom. The third kappa shape index (κ3) is 4.27. The van der Waals surface area contributed by atoms with Crippen LogP contribution in [0.2, 0.25) is 0 Å². The van der Waals surface area contributed by atoms with Gasteiger partial charge in [-0.2, -0.15) is 10.2 Å². The van der Waals surface area contributed by atoms with Gasteiger partial charge in [0.25, 0.3) is 0 Å². The molecule has 0 aliphatic heterocycles. The van der Waals surface area contributed by atoms with E-state index < -0.39 is 0 Å². The van der Waals surface area contributed by atoms with Crippen molar-refractivity contribution >= 4 is 5.82 Å². The number of rotatable bonds is 5. The molecule has 3 heterocycles. The first-order valence-corrected chi connectivity index (χ1v) is 11.0. The van der Waals surface area contributed by atoms with E-state index in [9.17, 15) is 5.11 Å². The highest BCUT2D eigenvalue weighted by Crippen LogP contribution is 2.31. The number of aromatic nitrogens is 6. The molecule has 8 nitrogen and oxygen atoms in total. The summed E-state index contributed by atoms with van der Waals surface area (Å²) < 4.78 is 3.57. The van der Waals surface area contributed by atoms with Gasteiger partial charge in [0.05, 0.1) is 23.6 Å². The monoisotopic (exact) mass is 429 g/mol. The van der Waals surface area contributed by atoms with Crippen LogP contribution in [0.1, 0.15) is 25.7 Å². The van der Waals surface area contributed by atoms with E-state index in [1.165, 1.54) is 0 Å². The summed E-state index contributed by atoms with van der Waals surface area (Å²) in [5.41, 5.74) is 4.79. The lowest BCUT2D eigenvalue weighted by Gasteiger charge is -2.27. The largest absolute Gasteiger partial charge is 0.393 e. The molecule has 0 atom stereocenters. The van der Waals surface area contributed by atoms with Gasteiger partial charge in [0.2, 0.25) is 0 Å². The topological polar surface area (TPSA) is 93.7 Å². The predicted octanol–water partition coefficient (Wildman–Crippen LogP) is 3.66. The molecular formula is C24H27N7O. The average Bonchev–Trinajstić information content (AvgIpc) is 3.44. The molecule has 164 valence electrons. The number of aryl methyl sites for hydroxylation is 2. The zero-order valence-corrected chi connectivity index (χ0v) is 18.3. The summed E-state index contributed by atoms with van der Waals surface area (Å²) in [4.78, 5) is 9.61. The molecule has 4 aromatic rings. The van der Waals surface area contributed by atoms with Crippen molar-refractivity contribution in [1.82, 2.24) is 29.5 Å². The van der Waals surface area contributed by atoms with Gasteiger partial charge in [-0.05, 0) is 43.4 Å². The Hall–Kier alpha value is -3.52. The fraction of sp³-hybridized carbons (Fsp3) is 0.333. The van der Waals surface area contributed by atoms with Crippen molar-refractivity contribution in [3.8, 4) is 33.8 Å². The Morgan fingerprint density at radius 1 is 0.969 bits per heavy atom. The Balaban J connectivity index is 1.51. The summed E-state index contributed by atoms with van der Waals surface area (Å²) in [5, 5.41) is 22.3. The summed E-state index contributed by atoms with van der Waals surface area (Å²) in [5.74, 6) is 1.44. The third-order valence-electron chi connectivity index (χ3n) is 5.97. The Kier molecular flexibility index (Phi) is 5.45. The van der Waals surface area contributed by atoms with E-state index in [0.29, 0.717) is 5.82 Å². The van der Waals surface area contributed by atoms with Crippen LogP contribution in [0.4, 0.5) is 5.82 Å². The standard InChI is InChI=1S/C24H27N7O/c1-30-11-10-22(29-30)21-14-25-23(28-24(21)27-19-6-8-20(32)9-7-19)17-5-3-4-16(12-17)18-13-26-31(2)15-18/h3-5,10-15,19-20,32H,6-9H2,1-2H3,(H,25,27,28). The summed E-state index contributed by atoms with van der Waals surface area (Å²) >= 11 is 0. The molecule has 0 amide bonds. The maximum atomic E-state index is 9.87. The van der Waals surface area contributed by atoms with Crippen LogP contribution in [-0.4, -0.2) is 46.8 Å². The Bertz CT molecular complexity index is 1220. The molecule has 3 aromatic heterocycles. The van der Waals surface area contributed by atoms with Gasteiger partial charge in [0.1, 0.15) is 5.82 Å². The maximum absolute atomic E-state index is 9.87. The van der Waals surface area contributed by atoms with Gasteiger partial charge in [-0.3, -0.25) is 9.36 Å². The number of hydrogen-bond donors (Lipinski definition) is 2. The van der Waals surface area contributed by atoms with Gasteiger partial charge in [-0.1, -0.05) is 18.2 Å². The van der Waals surface area contributed by atoms with Crippen molar-refractivity contribution in [1.29, 1.82) is 0 Å². The molecule has 0 radical (unpaired) electrons. The highest BCUT2D eigenvalue weighted by molar-refractivity contribution is 5.75. The SMILES string of the molecule is Cn1cc(-c2cccc(-c3ncc(-c4ccn(C)n4)c(NC4CCC(O)CC4)n3)c2)cn1. The first-order valence-electron chi connectivity index (χ1n) is 11.0. The quantitative estimate of drug-likeness (QED) is 0.503. The number of anilines is 1. The van der Waals surface area contributed by atoms with Crippen LogP contribution < -0.4 is 5.32 Å². The number of nitrogens with one attached hydrogen (secondary N) is 1. The van der Waals surface area contributed by atoms with Gasteiger partial charge in [-0.15, -0.1) is 0 Å². The summed E-state index contributed by atoms with van der Waals surface area (Å²) in [6, 6.07) is 10.4. The molecule has 32 heavy (non-hydrogen) atoms. The highest BCUT2D eigenvalue weighted by Gasteiger charge is 2.22. The first kappa shape index (κ1) is 20.4. The second-order valence-corrected chi connectivity index (χ2v) is 8.46. The van der Waals surface area contributed by atoms with E-state index in [1.807, 2.05) is 57.1 Å². The molecule has 2 N–H and O–H groups in total. The molecule has 1 aliphatic carbocycles. The van der Waals surface area contributed by atoms with Crippen LogP contribution >= 0.6 is 0 Å². The van der Waals surface area contributed by atoms with Crippen molar-refractivity contribution in [2.75, 3.05) is 5.32 Å². The molecule has 1 saturated carbocycles. The van der Waals surface area contributed by atoms with E-state index in [2.05, 4.69) is 32.6 Å². The highest BCUT2D eigenvalue weighted by atomic mass is 16.3. The third-order valence-corrected chi connectivity index (χ3v) is 5.97. The van der Waals surface area contributed by atoms with Gasteiger partial charge < -0.3 is 10.4 Å². The molecule has 0 unspecified atom stereocenters. The lowest BCUT2D eigenvalue weighted by molar-refractivity contribution is 0.126. The minimum Gasteiger partial charge on any atom is -0.393 e. The fourth-order valence-electron chi connectivity index (χ4n) is 4.20. The van der Waals surface area contributed by atoms with E-state index in [1.54, 1.807) is 9.36 Å². The minimum atomic E-state index is -0.195. The van der Waals surface area contributed by atoms with Crippen LogP contribution in [-0.2, 0) is 14.1 Å². The van der Waals surface area contributed by atoms with Crippen LogP contribution in [0.3, 0.4) is 0 Å². The molecular weight excluding hydrogens is 402 g/mol. The summed E-state index contributed by atoms with van der Waals surface area (Å²) in [6.45, 7) is 0. The van der Waals surface area contributed by atoms with Crippen LogP contribution in [0.15, 0.2) is 55.1 Å². The second kappa shape index (κ2) is 8.55. The zero-order chi connectivity index (χ0) is 22.1. The van der Waals surface area contributed by atoms with Gasteiger partial charge in [0.15, 0.2) is 5.82 Å². The molecule has 5 rings (SSSR count). The van der Waals surface area contributed by atoms with Crippen molar-refractivity contribution in [3.05, 3.63) is 55.1 Å². The second-order valence-electron chi connectivity index (χ2n) is 8.46. The van der Waals surface area contributed by atoms with Crippen molar-refractivity contribution in [2.24, 2.45) is 14.1 Å². The maximum Gasteiger partial charge on any atom is 0.161 e. The minimum absolute atomic E-state index is 0.195. The average molecular weight is 430 g/mol. The smallest absolute Gasteiger partial charge is 0.161 e. The zero-order valence-electron chi connectivity index (χ0n) is 18.3. The first-order chi connectivity index (χ1) is 15.5. The van der Waals surface area contributed by atoms with E-state index in [0.717, 1.165) is 59.4 Å². The Labute approximate surface area is 187 Å². The predicted molar refractivity (Wildman–Crippen MR) is 124 cm³/mol. The fourth-order valence-corrected chi connectivity index (χ4v) is 4.20. The van der Waals surface area contributed by atoms with Crippen molar-refractivity contribution < 1.29 is 5.11 Å². The molecule has 0 saturated heterocycles. The molecule has 1 fully saturated rings. The summed E-state index contributed by atoms with van der Waals surface area (Å²) in [7, 11) is 3.81. The molecule has 0 spiro atoms. The van der Waals surface area contributed by atoms with E-state index in [-0.39, 0.29) is 12.1 Å². The van der Waals surface area contributed by atoms with Crippen LogP contribution in [0.5, 0.6) is 0 Å². The Morgan fingerprint density at radius 3 is 2.50 bits per heavy atom. The van der Waals surface area contributed by atoms with Gasteiger partial charge in [0, 0.05) is 49.9 Å². The van der Waals surface area contributed by atoms with E-state index in [4.69, 9.17) is 4.98 Å². The summed E-state index contributed by atoms with van der Waals surface area (Å²) in [6.07, 6.45) is 10.9. The molecule has 0 bridgehead atoms. The van der Waals surface area contributed by atoms with Crippen LogP contribution in [0.25, 0.3) is 33.8 Å². The molecule has 1 aromatic carbocycles. The van der Waals surface area contributed by atoms with E-state index >= 15 is 0 Å². The lowest BCUT2D eigenvalue weighted by atomic mass is 9.93. The number of aliphatic hydroxyl groups excluding tert-OH is 1. The lowest BCUT2D eigenvalue weighted by Crippen LogP contribution is -2.28. The normalized spacial score (nSPS) is 18.6. The number of benzene rings is 1.